The minimum atomic E-state index is -0.0892. The number of nitrogen functional groups attached to an aromatic ring is 1. The van der Waals surface area contributed by atoms with Crippen LogP contribution in [-0.2, 0) is 13.5 Å². The van der Waals surface area contributed by atoms with Gasteiger partial charge in [0.25, 0.3) is 5.91 Å². The molecule has 0 unspecified atom stereocenters. The summed E-state index contributed by atoms with van der Waals surface area (Å²) in [6, 6.07) is 5.35. The van der Waals surface area contributed by atoms with Crippen LogP contribution in [0.1, 0.15) is 21.5 Å². The Balaban J connectivity index is 0.00000200. The first-order valence-corrected chi connectivity index (χ1v) is 6.18. The smallest absolute Gasteiger partial charge is 0.251 e. The Morgan fingerprint density at radius 2 is 2.20 bits per heavy atom. The van der Waals surface area contributed by atoms with Crippen molar-refractivity contribution < 1.29 is 4.79 Å². The second-order valence-electron chi connectivity index (χ2n) is 4.60. The summed E-state index contributed by atoms with van der Waals surface area (Å²) < 4.78 is 1.75. The number of aromatic nitrogens is 2. The molecule has 0 aliphatic carbocycles. The van der Waals surface area contributed by atoms with Gasteiger partial charge in [0, 0.05) is 31.0 Å². The summed E-state index contributed by atoms with van der Waals surface area (Å²) in [4.78, 5) is 12.0. The molecule has 1 aromatic heterocycles. The van der Waals surface area contributed by atoms with Crippen molar-refractivity contribution in [2.45, 2.75) is 13.3 Å². The summed E-state index contributed by atoms with van der Waals surface area (Å²) in [7, 11) is 1.87. The zero-order valence-corrected chi connectivity index (χ0v) is 12.4. The second kappa shape index (κ2) is 6.96. The molecule has 108 valence electrons. The van der Waals surface area contributed by atoms with Gasteiger partial charge < -0.3 is 11.1 Å². The van der Waals surface area contributed by atoms with Crippen LogP contribution < -0.4 is 11.1 Å². The Morgan fingerprint density at radius 1 is 1.45 bits per heavy atom. The summed E-state index contributed by atoms with van der Waals surface area (Å²) in [5, 5.41) is 6.98. The lowest BCUT2D eigenvalue weighted by Crippen LogP contribution is -2.26. The molecule has 0 atom stereocenters. The largest absolute Gasteiger partial charge is 0.399 e. The fourth-order valence-electron chi connectivity index (χ4n) is 1.90. The molecule has 0 aliphatic rings. The van der Waals surface area contributed by atoms with Crippen molar-refractivity contribution in [2.24, 2.45) is 7.05 Å². The van der Waals surface area contributed by atoms with Crippen LogP contribution in [0.15, 0.2) is 30.6 Å². The van der Waals surface area contributed by atoms with Gasteiger partial charge in [-0.05, 0) is 36.6 Å². The average Bonchev–Trinajstić information content (AvgIpc) is 2.78. The Morgan fingerprint density at radius 3 is 2.85 bits per heavy atom. The minimum absolute atomic E-state index is 0. The van der Waals surface area contributed by atoms with E-state index in [2.05, 4.69) is 10.4 Å². The third kappa shape index (κ3) is 3.99. The van der Waals surface area contributed by atoms with E-state index < -0.39 is 0 Å². The van der Waals surface area contributed by atoms with E-state index in [0.717, 1.165) is 17.5 Å². The number of amides is 1. The topological polar surface area (TPSA) is 72.9 Å². The first-order valence-electron chi connectivity index (χ1n) is 6.18. The summed E-state index contributed by atoms with van der Waals surface area (Å²) >= 11 is 0. The van der Waals surface area contributed by atoms with Gasteiger partial charge >= 0.3 is 0 Å². The van der Waals surface area contributed by atoms with Gasteiger partial charge in [-0.3, -0.25) is 9.48 Å². The summed E-state index contributed by atoms with van der Waals surface area (Å²) in [5.74, 6) is -0.0892. The molecule has 2 aromatic rings. The van der Waals surface area contributed by atoms with E-state index in [1.807, 2.05) is 26.2 Å². The third-order valence-corrected chi connectivity index (χ3v) is 2.96. The molecule has 0 aliphatic heterocycles. The number of nitrogens with zero attached hydrogens (tertiary/aromatic N) is 2. The predicted molar refractivity (Wildman–Crippen MR) is 82.1 cm³/mol. The molecule has 1 amide bonds. The maximum Gasteiger partial charge on any atom is 0.251 e. The number of halogens is 1. The van der Waals surface area contributed by atoms with E-state index in [4.69, 9.17) is 5.73 Å². The van der Waals surface area contributed by atoms with Crippen LogP contribution in [0.25, 0.3) is 0 Å². The standard InChI is InChI=1S/C14H18N4O.ClH/c1-10-3-4-12(15)7-13(10)14(19)16-6-5-11-8-17-18(2)9-11;/h3-4,7-9H,5-6,15H2,1-2H3,(H,16,19);1H. The minimum Gasteiger partial charge on any atom is -0.399 e. The van der Waals surface area contributed by atoms with Crippen molar-refractivity contribution in [1.29, 1.82) is 0 Å². The van der Waals surface area contributed by atoms with Crippen molar-refractivity contribution in [3.8, 4) is 0 Å². The van der Waals surface area contributed by atoms with Crippen molar-refractivity contribution in [1.82, 2.24) is 15.1 Å². The highest BCUT2D eigenvalue weighted by molar-refractivity contribution is 5.96. The highest BCUT2D eigenvalue weighted by Gasteiger charge is 2.08. The molecule has 0 bridgehead atoms. The monoisotopic (exact) mass is 294 g/mol. The molecule has 2 rings (SSSR count). The molecule has 1 aromatic carbocycles. The molecule has 6 heteroatoms. The van der Waals surface area contributed by atoms with Gasteiger partial charge in [-0.25, -0.2) is 0 Å². The molecule has 5 nitrogen and oxygen atoms in total. The Hall–Kier alpha value is -2.01. The molecule has 0 radical (unpaired) electrons. The molecule has 1 heterocycles. The number of nitrogens with two attached hydrogens (primary N) is 1. The number of aryl methyl sites for hydroxylation is 2. The first-order chi connectivity index (χ1) is 9.06. The van der Waals surface area contributed by atoms with Crippen LogP contribution in [0.2, 0.25) is 0 Å². The van der Waals surface area contributed by atoms with Crippen LogP contribution in [0.4, 0.5) is 5.69 Å². The molecule has 20 heavy (non-hydrogen) atoms. The van der Waals surface area contributed by atoms with Crippen molar-refractivity contribution in [2.75, 3.05) is 12.3 Å². The second-order valence-corrected chi connectivity index (χ2v) is 4.60. The van der Waals surface area contributed by atoms with Crippen molar-refractivity contribution in [3.63, 3.8) is 0 Å². The van der Waals surface area contributed by atoms with E-state index in [-0.39, 0.29) is 18.3 Å². The average molecular weight is 295 g/mol. The normalized spacial score (nSPS) is 9.90. The van der Waals surface area contributed by atoms with Gasteiger partial charge in [-0.2, -0.15) is 5.10 Å². The lowest BCUT2D eigenvalue weighted by atomic mass is 10.1. The summed E-state index contributed by atoms with van der Waals surface area (Å²) in [6.45, 7) is 2.48. The van der Waals surface area contributed by atoms with Gasteiger partial charge in [0.05, 0.1) is 6.20 Å². The maximum absolute atomic E-state index is 12.0. The lowest BCUT2D eigenvalue weighted by Gasteiger charge is -2.08. The van der Waals surface area contributed by atoms with Gasteiger partial charge in [0.2, 0.25) is 0 Å². The summed E-state index contributed by atoms with van der Waals surface area (Å²) in [5.41, 5.74) is 8.96. The molecule has 0 saturated heterocycles. The number of nitrogens with one attached hydrogen (secondary N) is 1. The predicted octanol–water partition coefficient (Wildman–Crippen LogP) is 1.71. The Kier molecular flexibility index (Phi) is 5.58. The molecule has 3 N–H and O–H groups in total. The third-order valence-electron chi connectivity index (χ3n) is 2.96. The SMILES string of the molecule is Cc1ccc(N)cc1C(=O)NCCc1cnn(C)c1.Cl. The van der Waals surface area contributed by atoms with Crippen molar-refractivity contribution in [3.05, 3.63) is 47.3 Å². The van der Waals surface area contributed by atoms with Gasteiger partial charge in [-0.15, -0.1) is 12.4 Å². The number of benzene rings is 1. The van der Waals surface area contributed by atoms with E-state index in [1.54, 1.807) is 23.0 Å². The molecule has 0 fully saturated rings. The van der Waals surface area contributed by atoms with Crippen LogP contribution in [0.3, 0.4) is 0 Å². The van der Waals surface area contributed by atoms with Crippen LogP contribution in [-0.4, -0.2) is 22.2 Å². The number of carbonyl (C=O) groups is 1. The Bertz CT molecular complexity index is 595. The van der Waals surface area contributed by atoms with Gasteiger partial charge in [-0.1, -0.05) is 6.07 Å². The van der Waals surface area contributed by atoms with Gasteiger partial charge in [0.15, 0.2) is 0 Å². The van der Waals surface area contributed by atoms with E-state index >= 15 is 0 Å². The zero-order chi connectivity index (χ0) is 13.8. The van der Waals surface area contributed by atoms with Crippen LogP contribution in [0, 0.1) is 6.92 Å². The Labute approximate surface area is 124 Å². The first kappa shape index (κ1) is 16.0. The molecular formula is C14H19ClN4O. The molecule has 0 spiro atoms. The quantitative estimate of drug-likeness (QED) is 0.843. The fraction of sp³-hybridized carbons (Fsp3) is 0.286. The van der Waals surface area contributed by atoms with E-state index in [1.165, 1.54) is 0 Å². The van der Waals surface area contributed by atoms with Gasteiger partial charge in [0.1, 0.15) is 0 Å². The number of anilines is 1. The number of hydrogen-bond donors (Lipinski definition) is 2. The molecule has 0 saturated carbocycles. The number of hydrogen-bond acceptors (Lipinski definition) is 3. The van der Waals surface area contributed by atoms with Crippen LogP contribution in [0.5, 0.6) is 0 Å². The fourth-order valence-corrected chi connectivity index (χ4v) is 1.90. The lowest BCUT2D eigenvalue weighted by molar-refractivity contribution is 0.0953. The maximum atomic E-state index is 12.0. The highest BCUT2D eigenvalue weighted by Crippen LogP contribution is 2.12. The zero-order valence-electron chi connectivity index (χ0n) is 11.6. The number of carbonyl (C=O) groups excluding carboxylic acids is 1. The molecular weight excluding hydrogens is 276 g/mol. The van der Waals surface area contributed by atoms with Crippen molar-refractivity contribution >= 4 is 24.0 Å². The van der Waals surface area contributed by atoms with E-state index in [9.17, 15) is 4.79 Å². The summed E-state index contributed by atoms with van der Waals surface area (Å²) in [6.07, 6.45) is 4.51. The van der Waals surface area contributed by atoms with E-state index in [0.29, 0.717) is 17.8 Å². The van der Waals surface area contributed by atoms with Crippen LogP contribution >= 0.6 is 12.4 Å². The number of rotatable bonds is 4. The highest BCUT2D eigenvalue weighted by atomic mass is 35.5.